The zero-order valence-electron chi connectivity index (χ0n) is 18.9. The lowest BCUT2D eigenvalue weighted by Gasteiger charge is -2.33. The average Bonchev–Trinajstić information content (AvgIpc) is 3.62. The third-order valence-electron chi connectivity index (χ3n) is 6.32. The van der Waals surface area contributed by atoms with Gasteiger partial charge in [0.25, 0.3) is 5.91 Å². The Labute approximate surface area is 194 Å². The quantitative estimate of drug-likeness (QED) is 0.595. The molecule has 0 radical (unpaired) electrons. The molecular formula is C24H30FN3O4S. The van der Waals surface area contributed by atoms with Gasteiger partial charge < -0.3 is 15.0 Å². The molecule has 4 rings (SSSR count). The summed E-state index contributed by atoms with van der Waals surface area (Å²) in [5, 5.41) is 2.66. The second-order valence-corrected chi connectivity index (χ2v) is 10.5. The van der Waals surface area contributed by atoms with E-state index < -0.39 is 21.7 Å². The first-order chi connectivity index (χ1) is 15.8. The molecule has 0 spiro atoms. The number of rotatable bonds is 8. The van der Waals surface area contributed by atoms with Crippen LogP contribution in [-0.2, 0) is 10.0 Å². The number of amides is 1. The number of nitrogens with one attached hydrogen (secondary N) is 2. The number of carbonyl (C=O) groups is 1. The van der Waals surface area contributed by atoms with Gasteiger partial charge in [0.2, 0.25) is 10.0 Å². The Balaban J connectivity index is 1.51. The summed E-state index contributed by atoms with van der Waals surface area (Å²) in [6.07, 6.45) is 7.21. The van der Waals surface area contributed by atoms with Crippen LogP contribution in [0, 0.1) is 5.82 Å². The van der Waals surface area contributed by atoms with Crippen LogP contribution in [0.15, 0.2) is 41.3 Å². The van der Waals surface area contributed by atoms with Crippen molar-refractivity contribution in [2.24, 2.45) is 0 Å². The first-order valence-electron chi connectivity index (χ1n) is 11.3. The Morgan fingerprint density at radius 3 is 2.42 bits per heavy atom. The maximum Gasteiger partial charge on any atom is 0.255 e. The van der Waals surface area contributed by atoms with Crippen molar-refractivity contribution < 1.29 is 22.3 Å². The highest BCUT2D eigenvalue weighted by atomic mass is 32.2. The number of methoxy groups -OCH3 is 1. The predicted molar refractivity (Wildman–Crippen MR) is 126 cm³/mol. The van der Waals surface area contributed by atoms with Crippen molar-refractivity contribution in [2.45, 2.75) is 61.9 Å². The molecule has 178 valence electrons. The monoisotopic (exact) mass is 475 g/mol. The molecule has 2 aliphatic rings. The molecule has 2 aliphatic carbocycles. The largest absolute Gasteiger partial charge is 0.495 e. The van der Waals surface area contributed by atoms with E-state index in [1.165, 1.54) is 37.8 Å². The van der Waals surface area contributed by atoms with Gasteiger partial charge in [0.05, 0.1) is 12.8 Å². The van der Waals surface area contributed by atoms with E-state index in [1.54, 1.807) is 12.1 Å². The molecule has 2 aromatic carbocycles. The molecule has 2 N–H and O–H groups in total. The van der Waals surface area contributed by atoms with Gasteiger partial charge in [-0.3, -0.25) is 4.79 Å². The molecule has 7 nitrogen and oxygen atoms in total. The van der Waals surface area contributed by atoms with E-state index in [2.05, 4.69) is 10.0 Å². The minimum atomic E-state index is -3.82. The number of hydrogen-bond donors (Lipinski definition) is 2. The van der Waals surface area contributed by atoms with Crippen molar-refractivity contribution in [1.29, 1.82) is 0 Å². The highest BCUT2D eigenvalue weighted by Gasteiger charge is 2.30. The fourth-order valence-electron chi connectivity index (χ4n) is 4.25. The van der Waals surface area contributed by atoms with E-state index >= 15 is 0 Å². The van der Waals surface area contributed by atoms with Crippen LogP contribution >= 0.6 is 0 Å². The van der Waals surface area contributed by atoms with Crippen LogP contribution < -0.4 is 19.7 Å². The molecule has 0 aliphatic heterocycles. The molecule has 0 unspecified atom stereocenters. The minimum Gasteiger partial charge on any atom is -0.495 e. The number of anilines is 2. The summed E-state index contributed by atoms with van der Waals surface area (Å²) < 4.78 is 48.0. The lowest BCUT2D eigenvalue weighted by atomic mass is 9.94. The Hall–Kier alpha value is -2.65. The van der Waals surface area contributed by atoms with E-state index in [9.17, 15) is 17.6 Å². The lowest BCUT2D eigenvalue weighted by Crippen LogP contribution is -2.33. The molecule has 2 fully saturated rings. The Kier molecular flexibility index (Phi) is 6.90. The number of benzene rings is 2. The van der Waals surface area contributed by atoms with Gasteiger partial charge in [-0.2, -0.15) is 0 Å². The topological polar surface area (TPSA) is 87.7 Å². The van der Waals surface area contributed by atoms with Crippen molar-refractivity contribution in [2.75, 3.05) is 24.4 Å². The van der Waals surface area contributed by atoms with E-state index in [0.717, 1.165) is 38.5 Å². The summed E-state index contributed by atoms with van der Waals surface area (Å²) in [5.41, 5.74) is 0.939. The van der Waals surface area contributed by atoms with Gasteiger partial charge in [0, 0.05) is 30.4 Å². The normalized spacial score (nSPS) is 16.9. The summed E-state index contributed by atoms with van der Waals surface area (Å²) in [7, 11) is -0.543. The summed E-state index contributed by atoms with van der Waals surface area (Å²) in [5.74, 6) is -0.790. The zero-order valence-corrected chi connectivity index (χ0v) is 19.8. The second kappa shape index (κ2) is 9.69. The Morgan fingerprint density at radius 1 is 1.06 bits per heavy atom. The summed E-state index contributed by atoms with van der Waals surface area (Å²) in [6, 6.07) is 9.06. The molecule has 1 amide bonds. The van der Waals surface area contributed by atoms with Crippen molar-refractivity contribution in [1.82, 2.24) is 4.72 Å². The second-order valence-electron chi connectivity index (χ2n) is 8.78. The van der Waals surface area contributed by atoms with Crippen LogP contribution in [0.3, 0.4) is 0 Å². The van der Waals surface area contributed by atoms with Crippen LogP contribution in [0.25, 0.3) is 0 Å². The molecule has 0 aromatic heterocycles. The molecule has 0 heterocycles. The maximum atomic E-state index is 14.9. The Morgan fingerprint density at radius 2 is 1.79 bits per heavy atom. The fraction of sp³-hybridized carbons (Fsp3) is 0.458. The molecule has 33 heavy (non-hydrogen) atoms. The molecule has 0 atom stereocenters. The number of ether oxygens (including phenoxy) is 1. The smallest absolute Gasteiger partial charge is 0.255 e. The van der Waals surface area contributed by atoms with Crippen LogP contribution in [0.5, 0.6) is 5.75 Å². The van der Waals surface area contributed by atoms with Crippen molar-refractivity contribution in [3.8, 4) is 5.75 Å². The zero-order chi connectivity index (χ0) is 23.6. The van der Waals surface area contributed by atoms with Crippen molar-refractivity contribution in [3.05, 3.63) is 47.8 Å². The average molecular weight is 476 g/mol. The van der Waals surface area contributed by atoms with E-state index in [4.69, 9.17) is 4.74 Å². The van der Waals surface area contributed by atoms with Gasteiger partial charge in [0.15, 0.2) is 0 Å². The van der Waals surface area contributed by atoms with Gasteiger partial charge >= 0.3 is 0 Å². The van der Waals surface area contributed by atoms with E-state index in [-0.39, 0.29) is 22.3 Å². The summed E-state index contributed by atoms with van der Waals surface area (Å²) in [6.45, 7) is 0. The van der Waals surface area contributed by atoms with Crippen molar-refractivity contribution in [3.63, 3.8) is 0 Å². The highest BCUT2D eigenvalue weighted by molar-refractivity contribution is 7.89. The number of sulfonamides is 1. The van der Waals surface area contributed by atoms with E-state index in [1.807, 2.05) is 11.9 Å². The standard InChI is InChI=1S/C24H30FN3O4S/c1-28(19-6-4-3-5-7-19)21-12-11-18(15-20(21)25)26-24(29)16-8-13-22(32-2)23(14-16)33(30,31)27-17-9-10-17/h8,11-15,17,19,27H,3-7,9-10H2,1-2H3,(H,26,29). The first kappa shape index (κ1) is 23.5. The van der Waals surface area contributed by atoms with Crippen LogP contribution in [0.1, 0.15) is 55.3 Å². The lowest BCUT2D eigenvalue weighted by molar-refractivity contribution is 0.102. The Bertz CT molecular complexity index is 1130. The SMILES string of the molecule is COc1ccc(C(=O)Nc2ccc(N(C)C3CCCCC3)c(F)c2)cc1S(=O)(=O)NC1CC1. The van der Waals surface area contributed by atoms with Gasteiger partial charge in [-0.05, 0) is 62.1 Å². The summed E-state index contributed by atoms with van der Waals surface area (Å²) in [4.78, 5) is 14.7. The molecule has 2 saturated carbocycles. The molecular weight excluding hydrogens is 445 g/mol. The van der Waals surface area contributed by atoms with Crippen molar-refractivity contribution >= 4 is 27.3 Å². The number of halogens is 1. The van der Waals surface area contributed by atoms with E-state index in [0.29, 0.717) is 17.4 Å². The van der Waals surface area contributed by atoms with Crippen LogP contribution in [0.4, 0.5) is 15.8 Å². The molecule has 0 saturated heterocycles. The minimum absolute atomic E-state index is 0.0783. The van der Waals surface area contributed by atoms with Crippen LogP contribution in [0.2, 0.25) is 0 Å². The molecule has 9 heteroatoms. The number of carbonyl (C=O) groups excluding carboxylic acids is 1. The fourth-order valence-corrected chi connectivity index (χ4v) is 5.75. The molecule has 2 aromatic rings. The van der Waals surface area contributed by atoms with Gasteiger partial charge in [-0.25, -0.2) is 17.5 Å². The summed E-state index contributed by atoms with van der Waals surface area (Å²) >= 11 is 0. The number of hydrogen-bond acceptors (Lipinski definition) is 5. The first-order valence-corrected chi connectivity index (χ1v) is 12.8. The van der Waals surface area contributed by atoms with Gasteiger partial charge in [-0.1, -0.05) is 19.3 Å². The third kappa shape index (κ3) is 5.47. The predicted octanol–water partition coefficient (Wildman–Crippen LogP) is 4.30. The van der Waals surface area contributed by atoms with Gasteiger partial charge in [-0.15, -0.1) is 0 Å². The maximum absolute atomic E-state index is 14.9. The molecule has 0 bridgehead atoms. The third-order valence-corrected chi connectivity index (χ3v) is 7.86. The van der Waals surface area contributed by atoms with Crippen LogP contribution in [-0.4, -0.2) is 40.6 Å². The van der Waals surface area contributed by atoms with Gasteiger partial charge in [0.1, 0.15) is 16.5 Å². The highest BCUT2D eigenvalue weighted by Crippen LogP contribution is 2.31. The number of nitrogens with zero attached hydrogens (tertiary/aromatic N) is 1.